The van der Waals surface area contributed by atoms with E-state index in [2.05, 4.69) is 0 Å². The first kappa shape index (κ1) is 14.9. The molecule has 1 saturated carbocycles. The Morgan fingerprint density at radius 3 is 2.61 bits per heavy atom. The molecule has 0 unspecified atom stereocenters. The molecule has 0 radical (unpaired) electrons. The fraction of sp³-hybridized carbons (Fsp3) is 0.833. The highest BCUT2D eigenvalue weighted by atomic mass is 16.5. The van der Waals surface area contributed by atoms with E-state index in [4.69, 9.17) is 15.2 Å². The SMILES string of the molecule is CCOC(=O)CN(C(=O)CCOCCN)C1CC1. The topological polar surface area (TPSA) is 81.9 Å². The van der Waals surface area contributed by atoms with Crippen molar-refractivity contribution < 1.29 is 19.1 Å². The lowest BCUT2D eigenvalue weighted by Gasteiger charge is -2.21. The second kappa shape index (κ2) is 8.05. The van der Waals surface area contributed by atoms with Gasteiger partial charge in [0.15, 0.2) is 0 Å². The fourth-order valence-corrected chi connectivity index (χ4v) is 1.64. The van der Waals surface area contributed by atoms with Crippen LogP contribution in [0, 0.1) is 0 Å². The van der Waals surface area contributed by atoms with Crippen molar-refractivity contribution in [3.63, 3.8) is 0 Å². The average Bonchev–Trinajstić information content (AvgIpc) is 3.16. The maximum atomic E-state index is 11.9. The van der Waals surface area contributed by atoms with Gasteiger partial charge in [-0.05, 0) is 19.8 Å². The summed E-state index contributed by atoms with van der Waals surface area (Å²) in [5.41, 5.74) is 5.28. The van der Waals surface area contributed by atoms with Crippen LogP contribution in [0.4, 0.5) is 0 Å². The van der Waals surface area contributed by atoms with Crippen LogP contribution in [-0.2, 0) is 19.1 Å². The number of hydrogen-bond donors (Lipinski definition) is 1. The fourth-order valence-electron chi connectivity index (χ4n) is 1.64. The van der Waals surface area contributed by atoms with Gasteiger partial charge >= 0.3 is 5.97 Å². The molecule has 0 aromatic carbocycles. The number of carbonyl (C=O) groups is 2. The van der Waals surface area contributed by atoms with Crippen molar-refractivity contribution >= 4 is 11.9 Å². The van der Waals surface area contributed by atoms with Gasteiger partial charge in [-0.25, -0.2) is 0 Å². The predicted octanol–water partition coefficient (Wildman–Crippen LogP) is -0.0941. The van der Waals surface area contributed by atoms with Crippen molar-refractivity contribution in [2.75, 3.05) is 32.9 Å². The van der Waals surface area contributed by atoms with Crippen molar-refractivity contribution in [1.82, 2.24) is 4.90 Å². The Kier molecular flexibility index (Phi) is 6.67. The number of hydrogen-bond acceptors (Lipinski definition) is 5. The molecule has 1 aliphatic carbocycles. The number of ether oxygens (including phenoxy) is 2. The molecule has 1 fully saturated rings. The molecule has 0 aromatic heterocycles. The van der Waals surface area contributed by atoms with Crippen LogP contribution >= 0.6 is 0 Å². The van der Waals surface area contributed by atoms with Crippen molar-refractivity contribution in [3.8, 4) is 0 Å². The molecule has 2 N–H and O–H groups in total. The normalized spacial score (nSPS) is 14.3. The van der Waals surface area contributed by atoms with Crippen LogP contribution in [0.5, 0.6) is 0 Å². The molecule has 104 valence electrons. The molecule has 1 rings (SSSR count). The van der Waals surface area contributed by atoms with E-state index >= 15 is 0 Å². The molecule has 1 amide bonds. The summed E-state index contributed by atoms with van der Waals surface area (Å²) in [7, 11) is 0. The lowest BCUT2D eigenvalue weighted by Crippen LogP contribution is -2.38. The molecule has 0 aromatic rings. The highest BCUT2D eigenvalue weighted by Crippen LogP contribution is 2.27. The van der Waals surface area contributed by atoms with E-state index in [1.807, 2.05) is 0 Å². The monoisotopic (exact) mass is 258 g/mol. The van der Waals surface area contributed by atoms with Gasteiger partial charge in [-0.2, -0.15) is 0 Å². The minimum atomic E-state index is -0.347. The number of amides is 1. The van der Waals surface area contributed by atoms with E-state index in [1.165, 1.54) is 0 Å². The van der Waals surface area contributed by atoms with Gasteiger partial charge in [0.05, 0.1) is 26.2 Å². The number of rotatable bonds is 9. The summed E-state index contributed by atoms with van der Waals surface area (Å²) < 4.78 is 10.0. The molecule has 6 nitrogen and oxygen atoms in total. The number of esters is 1. The Morgan fingerprint density at radius 2 is 2.06 bits per heavy atom. The summed E-state index contributed by atoms with van der Waals surface area (Å²) in [5.74, 6) is -0.400. The maximum Gasteiger partial charge on any atom is 0.325 e. The molecule has 0 aliphatic heterocycles. The van der Waals surface area contributed by atoms with Crippen LogP contribution in [0.1, 0.15) is 26.2 Å². The summed E-state index contributed by atoms with van der Waals surface area (Å²) in [6.45, 7) is 3.39. The zero-order valence-electron chi connectivity index (χ0n) is 10.9. The molecule has 1 aliphatic rings. The van der Waals surface area contributed by atoms with Crippen LogP contribution in [0.3, 0.4) is 0 Å². The van der Waals surface area contributed by atoms with Gasteiger partial charge in [0.1, 0.15) is 6.54 Å². The van der Waals surface area contributed by atoms with Crippen LogP contribution in [0.25, 0.3) is 0 Å². The van der Waals surface area contributed by atoms with Crippen LogP contribution < -0.4 is 5.73 Å². The van der Waals surface area contributed by atoms with Crippen molar-refractivity contribution in [3.05, 3.63) is 0 Å². The van der Waals surface area contributed by atoms with Gasteiger partial charge in [0.25, 0.3) is 0 Å². The first-order chi connectivity index (χ1) is 8.69. The van der Waals surface area contributed by atoms with E-state index in [-0.39, 0.29) is 30.9 Å². The smallest absolute Gasteiger partial charge is 0.325 e. The van der Waals surface area contributed by atoms with Crippen LogP contribution in [0.2, 0.25) is 0 Å². The molecular weight excluding hydrogens is 236 g/mol. The van der Waals surface area contributed by atoms with Crippen molar-refractivity contribution in [2.24, 2.45) is 5.73 Å². The molecule has 0 spiro atoms. The third-order valence-electron chi connectivity index (χ3n) is 2.64. The predicted molar refractivity (Wildman–Crippen MR) is 65.9 cm³/mol. The van der Waals surface area contributed by atoms with Gasteiger partial charge in [0.2, 0.25) is 5.91 Å². The third kappa shape index (κ3) is 5.46. The van der Waals surface area contributed by atoms with Crippen molar-refractivity contribution in [2.45, 2.75) is 32.2 Å². The number of carbonyl (C=O) groups excluding carboxylic acids is 2. The minimum absolute atomic E-state index is 0.0498. The molecule has 0 heterocycles. The second-order valence-electron chi connectivity index (χ2n) is 4.21. The standard InChI is InChI=1S/C12H22N2O4/c1-2-18-12(16)9-14(10-3-4-10)11(15)5-7-17-8-6-13/h10H,2-9,13H2,1H3. The summed E-state index contributed by atoms with van der Waals surface area (Å²) >= 11 is 0. The van der Waals surface area contributed by atoms with Crippen LogP contribution in [0.15, 0.2) is 0 Å². The van der Waals surface area contributed by atoms with E-state index < -0.39 is 0 Å². The zero-order chi connectivity index (χ0) is 13.4. The Hall–Kier alpha value is -1.14. The second-order valence-corrected chi connectivity index (χ2v) is 4.21. The largest absolute Gasteiger partial charge is 0.465 e. The minimum Gasteiger partial charge on any atom is -0.465 e. The summed E-state index contributed by atoms with van der Waals surface area (Å²) in [6, 6.07) is 0.205. The third-order valence-corrected chi connectivity index (χ3v) is 2.64. The van der Waals surface area contributed by atoms with Gasteiger partial charge in [-0.15, -0.1) is 0 Å². The highest BCUT2D eigenvalue weighted by Gasteiger charge is 2.33. The maximum absolute atomic E-state index is 11.9. The van der Waals surface area contributed by atoms with Gasteiger partial charge in [-0.3, -0.25) is 9.59 Å². The molecule has 6 heteroatoms. The summed E-state index contributed by atoms with van der Waals surface area (Å²) in [6.07, 6.45) is 2.22. The van der Waals surface area contributed by atoms with E-state index in [9.17, 15) is 9.59 Å². The highest BCUT2D eigenvalue weighted by molar-refractivity contribution is 5.82. The molecular formula is C12H22N2O4. The molecule has 0 saturated heterocycles. The summed E-state index contributed by atoms with van der Waals surface area (Å²) in [5, 5.41) is 0. The number of nitrogens with two attached hydrogens (primary N) is 1. The van der Waals surface area contributed by atoms with Crippen LogP contribution in [-0.4, -0.2) is 55.7 Å². The quantitative estimate of drug-likeness (QED) is 0.461. The van der Waals surface area contributed by atoms with E-state index in [1.54, 1.807) is 11.8 Å². The summed E-state index contributed by atoms with van der Waals surface area (Å²) in [4.78, 5) is 24.9. The van der Waals surface area contributed by atoms with E-state index in [0.717, 1.165) is 12.8 Å². The van der Waals surface area contributed by atoms with Gasteiger partial charge < -0.3 is 20.1 Å². The first-order valence-corrected chi connectivity index (χ1v) is 6.42. The molecule has 0 bridgehead atoms. The zero-order valence-corrected chi connectivity index (χ0v) is 10.9. The Balaban J connectivity index is 2.31. The molecule has 18 heavy (non-hydrogen) atoms. The lowest BCUT2D eigenvalue weighted by molar-refractivity contribution is -0.149. The van der Waals surface area contributed by atoms with Gasteiger partial charge in [0, 0.05) is 12.6 Å². The first-order valence-electron chi connectivity index (χ1n) is 6.42. The Bertz CT molecular complexity index is 279. The Labute approximate surface area is 107 Å². The average molecular weight is 258 g/mol. The molecule has 0 atom stereocenters. The Morgan fingerprint density at radius 1 is 1.33 bits per heavy atom. The van der Waals surface area contributed by atoms with E-state index in [0.29, 0.717) is 26.4 Å². The number of nitrogens with zero attached hydrogens (tertiary/aromatic N) is 1. The van der Waals surface area contributed by atoms with Gasteiger partial charge in [-0.1, -0.05) is 0 Å². The lowest BCUT2D eigenvalue weighted by atomic mass is 10.3. The van der Waals surface area contributed by atoms with Crippen molar-refractivity contribution in [1.29, 1.82) is 0 Å².